The first-order valence-electron chi connectivity index (χ1n) is 9.26. The number of hydrogen-bond donors (Lipinski definition) is 1. The number of imidazole rings is 1. The van der Waals surface area contributed by atoms with Gasteiger partial charge in [0.25, 0.3) is 0 Å². The van der Waals surface area contributed by atoms with Gasteiger partial charge < -0.3 is 4.98 Å². The molecule has 3 aromatic rings. The lowest BCUT2D eigenvalue weighted by atomic mass is 9.95. The molecule has 0 amide bonds. The van der Waals surface area contributed by atoms with Crippen LogP contribution in [0.25, 0.3) is 11.3 Å². The Morgan fingerprint density at radius 1 is 1.11 bits per heavy atom. The SMILES string of the molecule is CC(C)(C)c1ncc2c(n1)CCN(Cc1ncc(-c3ccc(F)cc3)[nH]1)C2. The lowest BCUT2D eigenvalue weighted by Gasteiger charge is -2.28. The Bertz CT molecular complexity index is 940. The molecule has 4 rings (SSSR count). The molecule has 27 heavy (non-hydrogen) atoms. The monoisotopic (exact) mass is 365 g/mol. The van der Waals surface area contributed by atoms with Crippen LogP contribution >= 0.6 is 0 Å². The van der Waals surface area contributed by atoms with Gasteiger partial charge in [-0.25, -0.2) is 19.3 Å². The Morgan fingerprint density at radius 3 is 2.63 bits per heavy atom. The van der Waals surface area contributed by atoms with E-state index in [1.165, 1.54) is 17.7 Å². The molecular formula is C21H24FN5. The second-order valence-corrected chi connectivity index (χ2v) is 8.13. The standard InChI is InChI=1S/C21H24FN5/c1-21(2,3)20-24-10-15-12-27(9-8-17(15)26-20)13-19-23-11-18(25-19)14-4-6-16(22)7-5-14/h4-7,10-11H,8-9,12-13H2,1-3H3,(H,23,25). The van der Waals surface area contributed by atoms with Crippen molar-refractivity contribution in [1.82, 2.24) is 24.8 Å². The van der Waals surface area contributed by atoms with E-state index in [1.54, 1.807) is 18.3 Å². The molecule has 0 radical (unpaired) electrons. The van der Waals surface area contributed by atoms with Gasteiger partial charge in [0.1, 0.15) is 17.5 Å². The average molecular weight is 365 g/mol. The Labute approximate surface area is 158 Å². The Kier molecular flexibility index (Phi) is 4.52. The maximum atomic E-state index is 13.1. The number of fused-ring (bicyclic) bond motifs is 1. The second kappa shape index (κ2) is 6.85. The van der Waals surface area contributed by atoms with E-state index in [2.05, 4.69) is 40.6 Å². The van der Waals surface area contributed by atoms with Gasteiger partial charge in [0, 0.05) is 42.4 Å². The Morgan fingerprint density at radius 2 is 1.89 bits per heavy atom. The quantitative estimate of drug-likeness (QED) is 0.766. The van der Waals surface area contributed by atoms with Gasteiger partial charge in [-0.2, -0.15) is 0 Å². The van der Waals surface area contributed by atoms with E-state index < -0.39 is 0 Å². The molecule has 1 aromatic carbocycles. The van der Waals surface area contributed by atoms with Crippen molar-refractivity contribution in [2.24, 2.45) is 0 Å². The molecule has 3 heterocycles. The Balaban J connectivity index is 1.45. The third-order valence-electron chi connectivity index (χ3n) is 4.84. The minimum Gasteiger partial charge on any atom is -0.341 e. The zero-order valence-corrected chi connectivity index (χ0v) is 16.0. The van der Waals surface area contributed by atoms with Crippen LogP contribution in [0.5, 0.6) is 0 Å². The molecule has 1 N–H and O–H groups in total. The molecular weight excluding hydrogens is 341 g/mol. The Hall–Kier alpha value is -2.60. The normalized spacial score (nSPS) is 15.0. The fraction of sp³-hybridized carbons (Fsp3) is 0.381. The molecule has 0 aliphatic carbocycles. The number of hydrogen-bond acceptors (Lipinski definition) is 4. The third kappa shape index (κ3) is 3.90. The summed E-state index contributed by atoms with van der Waals surface area (Å²) in [4.78, 5) is 19.5. The lowest BCUT2D eigenvalue weighted by molar-refractivity contribution is 0.237. The number of nitrogens with zero attached hydrogens (tertiary/aromatic N) is 4. The van der Waals surface area contributed by atoms with Crippen LogP contribution in [0.3, 0.4) is 0 Å². The van der Waals surface area contributed by atoms with Crippen LogP contribution in [0.15, 0.2) is 36.7 Å². The molecule has 2 aromatic heterocycles. The second-order valence-electron chi connectivity index (χ2n) is 8.13. The predicted molar refractivity (Wildman–Crippen MR) is 103 cm³/mol. The number of halogens is 1. The van der Waals surface area contributed by atoms with Crippen molar-refractivity contribution in [3.05, 3.63) is 65.4 Å². The van der Waals surface area contributed by atoms with Crippen molar-refractivity contribution >= 4 is 0 Å². The van der Waals surface area contributed by atoms with Gasteiger partial charge >= 0.3 is 0 Å². The summed E-state index contributed by atoms with van der Waals surface area (Å²) in [5.41, 5.74) is 4.16. The van der Waals surface area contributed by atoms with Gasteiger partial charge in [-0.1, -0.05) is 20.8 Å². The van der Waals surface area contributed by atoms with Gasteiger partial charge in [0.15, 0.2) is 0 Å². The molecule has 0 fully saturated rings. The van der Waals surface area contributed by atoms with E-state index in [9.17, 15) is 4.39 Å². The van der Waals surface area contributed by atoms with Crippen molar-refractivity contribution in [3.63, 3.8) is 0 Å². The van der Waals surface area contributed by atoms with Crippen LogP contribution in [0, 0.1) is 5.82 Å². The van der Waals surface area contributed by atoms with Crippen molar-refractivity contribution in [3.8, 4) is 11.3 Å². The number of rotatable bonds is 3. The van der Waals surface area contributed by atoms with Crippen molar-refractivity contribution < 1.29 is 4.39 Å². The first kappa shape index (κ1) is 17.8. The first-order chi connectivity index (χ1) is 12.9. The molecule has 0 bridgehead atoms. The van der Waals surface area contributed by atoms with E-state index in [-0.39, 0.29) is 11.2 Å². The zero-order chi connectivity index (χ0) is 19.0. The highest BCUT2D eigenvalue weighted by Gasteiger charge is 2.23. The molecule has 140 valence electrons. The third-order valence-corrected chi connectivity index (χ3v) is 4.84. The predicted octanol–water partition coefficient (Wildman–Crippen LogP) is 3.86. The fourth-order valence-corrected chi connectivity index (χ4v) is 3.30. The molecule has 5 nitrogen and oxygen atoms in total. The number of benzene rings is 1. The summed E-state index contributed by atoms with van der Waals surface area (Å²) in [6.07, 6.45) is 4.70. The molecule has 1 aliphatic rings. The molecule has 0 atom stereocenters. The van der Waals surface area contributed by atoms with Gasteiger partial charge in [-0.05, 0) is 29.8 Å². The van der Waals surface area contributed by atoms with Crippen LogP contribution < -0.4 is 0 Å². The highest BCUT2D eigenvalue weighted by molar-refractivity contribution is 5.58. The number of nitrogens with one attached hydrogen (secondary N) is 1. The van der Waals surface area contributed by atoms with Crippen molar-refractivity contribution in [1.29, 1.82) is 0 Å². The number of H-pyrrole nitrogens is 1. The van der Waals surface area contributed by atoms with Gasteiger partial charge in [-0.15, -0.1) is 0 Å². The fourth-order valence-electron chi connectivity index (χ4n) is 3.30. The van der Waals surface area contributed by atoms with Crippen LogP contribution in [0.4, 0.5) is 4.39 Å². The largest absolute Gasteiger partial charge is 0.341 e. The summed E-state index contributed by atoms with van der Waals surface area (Å²) >= 11 is 0. The summed E-state index contributed by atoms with van der Waals surface area (Å²) in [5.74, 6) is 1.58. The van der Waals surface area contributed by atoms with E-state index >= 15 is 0 Å². The number of aromatic nitrogens is 4. The van der Waals surface area contributed by atoms with Gasteiger partial charge in [0.05, 0.1) is 18.4 Å². The summed E-state index contributed by atoms with van der Waals surface area (Å²) in [6.45, 7) is 8.92. The minimum atomic E-state index is -0.234. The van der Waals surface area contributed by atoms with E-state index in [4.69, 9.17) is 4.98 Å². The highest BCUT2D eigenvalue weighted by Crippen LogP contribution is 2.23. The molecule has 0 unspecified atom stereocenters. The molecule has 0 saturated carbocycles. The summed E-state index contributed by atoms with van der Waals surface area (Å²) in [7, 11) is 0. The summed E-state index contributed by atoms with van der Waals surface area (Å²) in [6, 6.07) is 6.44. The van der Waals surface area contributed by atoms with E-state index in [0.29, 0.717) is 0 Å². The maximum Gasteiger partial charge on any atom is 0.133 e. The van der Waals surface area contributed by atoms with Crippen molar-refractivity contribution in [2.75, 3.05) is 6.54 Å². The lowest BCUT2D eigenvalue weighted by Crippen LogP contribution is -2.32. The minimum absolute atomic E-state index is 0.0307. The van der Waals surface area contributed by atoms with Crippen LogP contribution in [0.1, 0.15) is 43.7 Å². The van der Waals surface area contributed by atoms with Gasteiger partial charge in [-0.3, -0.25) is 4.90 Å². The zero-order valence-electron chi connectivity index (χ0n) is 16.0. The average Bonchev–Trinajstić information content (AvgIpc) is 3.09. The number of aromatic amines is 1. The van der Waals surface area contributed by atoms with E-state index in [0.717, 1.165) is 54.7 Å². The maximum absolute atomic E-state index is 13.1. The van der Waals surface area contributed by atoms with E-state index in [1.807, 2.05) is 6.20 Å². The van der Waals surface area contributed by atoms with Crippen LogP contribution in [-0.2, 0) is 24.9 Å². The molecule has 0 saturated heterocycles. The summed E-state index contributed by atoms with van der Waals surface area (Å²) < 4.78 is 13.1. The summed E-state index contributed by atoms with van der Waals surface area (Å²) in [5, 5.41) is 0. The molecule has 6 heteroatoms. The molecule has 1 aliphatic heterocycles. The molecule has 0 spiro atoms. The van der Waals surface area contributed by atoms with Crippen LogP contribution in [0.2, 0.25) is 0 Å². The van der Waals surface area contributed by atoms with Gasteiger partial charge in [0.2, 0.25) is 0 Å². The topological polar surface area (TPSA) is 57.7 Å². The highest BCUT2D eigenvalue weighted by atomic mass is 19.1. The first-order valence-corrected chi connectivity index (χ1v) is 9.26. The van der Waals surface area contributed by atoms with Crippen molar-refractivity contribution in [2.45, 2.75) is 45.7 Å². The van der Waals surface area contributed by atoms with Crippen LogP contribution in [-0.4, -0.2) is 31.4 Å². The smallest absolute Gasteiger partial charge is 0.133 e.